The maximum atomic E-state index is 14.2. The molecule has 0 heterocycles. The summed E-state index contributed by atoms with van der Waals surface area (Å²) in [4.78, 5) is 29.1. The zero-order chi connectivity index (χ0) is 28.6. The van der Waals surface area contributed by atoms with Gasteiger partial charge in [-0.25, -0.2) is 4.31 Å². The van der Waals surface area contributed by atoms with Crippen LogP contribution in [-0.2, 0) is 32.8 Å². The van der Waals surface area contributed by atoms with Gasteiger partial charge in [-0.05, 0) is 49.1 Å². The first-order valence-corrected chi connectivity index (χ1v) is 14.4. The standard InChI is InChI=1S/C30H38N4O4S/c1-6-31-30(36)28(20-25-13-9-7-10-14-25)33(21-26-15-11-8-12-16-26)29(35)22-34(39(37,38)32(4)5)27-19-23(2)17-18-24(27)3/h7-19,28H,6,20-22H2,1-5H3,(H,31,36)/t28-/m1/s1. The van der Waals surface area contributed by atoms with Gasteiger partial charge in [0.2, 0.25) is 11.8 Å². The van der Waals surface area contributed by atoms with Crippen molar-refractivity contribution in [2.45, 2.75) is 39.8 Å². The summed E-state index contributed by atoms with van der Waals surface area (Å²) in [6.45, 7) is 5.61. The van der Waals surface area contributed by atoms with Crippen molar-refractivity contribution in [3.8, 4) is 0 Å². The third kappa shape index (κ3) is 7.68. The average molecular weight is 551 g/mol. The molecule has 3 aromatic carbocycles. The molecule has 3 aromatic rings. The van der Waals surface area contributed by atoms with Crippen molar-refractivity contribution in [1.29, 1.82) is 0 Å². The van der Waals surface area contributed by atoms with E-state index in [-0.39, 0.29) is 18.9 Å². The van der Waals surface area contributed by atoms with Crippen LogP contribution in [0.4, 0.5) is 5.69 Å². The Balaban J connectivity index is 2.09. The fourth-order valence-corrected chi connectivity index (χ4v) is 5.43. The maximum absolute atomic E-state index is 14.2. The molecule has 0 bridgehead atoms. The van der Waals surface area contributed by atoms with Gasteiger partial charge in [-0.15, -0.1) is 0 Å². The first-order chi connectivity index (χ1) is 18.5. The largest absolute Gasteiger partial charge is 0.355 e. The molecule has 1 atom stereocenters. The van der Waals surface area contributed by atoms with Crippen LogP contribution in [0.3, 0.4) is 0 Å². The van der Waals surface area contributed by atoms with Crippen LogP contribution < -0.4 is 9.62 Å². The number of likely N-dealkylation sites (N-methyl/N-ethyl adjacent to an activating group) is 1. The van der Waals surface area contributed by atoms with E-state index < -0.39 is 28.7 Å². The molecule has 0 radical (unpaired) electrons. The lowest BCUT2D eigenvalue weighted by Crippen LogP contribution is -2.54. The number of rotatable bonds is 12. The predicted molar refractivity (Wildman–Crippen MR) is 155 cm³/mol. The fraction of sp³-hybridized carbons (Fsp3) is 0.333. The van der Waals surface area contributed by atoms with E-state index in [4.69, 9.17) is 0 Å². The lowest BCUT2D eigenvalue weighted by atomic mass is 10.0. The van der Waals surface area contributed by atoms with E-state index in [0.717, 1.165) is 30.9 Å². The second-order valence-corrected chi connectivity index (χ2v) is 11.8. The van der Waals surface area contributed by atoms with E-state index in [1.807, 2.05) is 93.6 Å². The van der Waals surface area contributed by atoms with Crippen molar-refractivity contribution in [1.82, 2.24) is 14.5 Å². The van der Waals surface area contributed by atoms with Crippen molar-refractivity contribution >= 4 is 27.7 Å². The first-order valence-electron chi connectivity index (χ1n) is 13.0. The van der Waals surface area contributed by atoms with Crippen molar-refractivity contribution in [3.05, 3.63) is 101 Å². The van der Waals surface area contributed by atoms with Gasteiger partial charge in [0.25, 0.3) is 0 Å². The molecule has 208 valence electrons. The summed E-state index contributed by atoms with van der Waals surface area (Å²) < 4.78 is 29.2. The number of carbonyl (C=O) groups excluding carboxylic acids is 2. The van der Waals surface area contributed by atoms with Crippen molar-refractivity contribution in [3.63, 3.8) is 0 Å². The highest BCUT2D eigenvalue weighted by molar-refractivity contribution is 7.90. The number of nitrogens with zero attached hydrogens (tertiary/aromatic N) is 3. The quantitative estimate of drug-likeness (QED) is 0.373. The molecule has 0 aliphatic carbocycles. The number of amides is 2. The van der Waals surface area contributed by atoms with Gasteiger partial charge in [0.05, 0.1) is 5.69 Å². The molecule has 0 fully saturated rings. The van der Waals surface area contributed by atoms with Crippen LogP contribution in [-0.4, -0.2) is 62.7 Å². The van der Waals surface area contributed by atoms with E-state index in [0.29, 0.717) is 12.2 Å². The number of nitrogens with one attached hydrogen (secondary N) is 1. The normalized spacial score (nSPS) is 12.2. The number of aryl methyl sites for hydroxylation is 2. The molecular formula is C30H38N4O4S. The van der Waals surface area contributed by atoms with Gasteiger partial charge in [0.1, 0.15) is 12.6 Å². The smallest absolute Gasteiger partial charge is 0.304 e. The van der Waals surface area contributed by atoms with Crippen LogP contribution in [0, 0.1) is 13.8 Å². The zero-order valence-electron chi connectivity index (χ0n) is 23.3. The molecule has 3 rings (SSSR count). The first kappa shape index (κ1) is 29.9. The maximum Gasteiger partial charge on any atom is 0.304 e. The Labute approximate surface area is 232 Å². The van der Waals surface area contributed by atoms with E-state index >= 15 is 0 Å². The van der Waals surface area contributed by atoms with Crippen molar-refractivity contribution < 1.29 is 18.0 Å². The van der Waals surface area contributed by atoms with Crippen LogP contribution in [0.15, 0.2) is 78.9 Å². The number of anilines is 1. The van der Waals surface area contributed by atoms with Gasteiger partial charge in [0, 0.05) is 33.6 Å². The van der Waals surface area contributed by atoms with Crippen molar-refractivity contribution in [2.75, 3.05) is 31.5 Å². The molecule has 9 heteroatoms. The highest BCUT2D eigenvalue weighted by Gasteiger charge is 2.35. The van der Waals surface area contributed by atoms with E-state index in [1.165, 1.54) is 19.0 Å². The number of benzene rings is 3. The van der Waals surface area contributed by atoms with Crippen LogP contribution in [0.1, 0.15) is 29.2 Å². The highest BCUT2D eigenvalue weighted by Crippen LogP contribution is 2.26. The minimum atomic E-state index is -4.03. The second kappa shape index (κ2) is 13.4. The Kier molecular flexibility index (Phi) is 10.3. The van der Waals surface area contributed by atoms with Gasteiger partial charge in [-0.2, -0.15) is 12.7 Å². The average Bonchev–Trinajstić information content (AvgIpc) is 2.91. The molecule has 0 aliphatic rings. The Morgan fingerprint density at radius 1 is 0.872 bits per heavy atom. The molecule has 2 amide bonds. The summed E-state index contributed by atoms with van der Waals surface area (Å²) in [5, 5.41) is 2.86. The Morgan fingerprint density at radius 2 is 1.46 bits per heavy atom. The Hall–Kier alpha value is -3.69. The van der Waals surface area contributed by atoms with Gasteiger partial charge in [-0.3, -0.25) is 9.59 Å². The van der Waals surface area contributed by atoms with Gasteiger partial charge < -0.3 is 10.2 Å². The van der Waals surface area contributed by atoms with Gasteiger partial charge in [-0.1, -0.05) is 72.8 Å². The summed E-state index contributed by atoms with van der Waals surface area (Å²) in [7, 11) is -1.16. The fourth-order valence-electron chi connectivity index (χ4n) is 4.32. The van der Waals surface area contributed by atoms with E-state index in [2.05, 4.69) is 5.32 Å². The van der Waals surface area contributed by atoms with Gasteiger partial charge >= 0.3 is 10.2 Å². The summed E-state index contributed by atoms with van der Waals surface area (Å²) in [5.74, 6) is -0.767. The third-order valence-corrected chi connectivity index (χ3v) is 8.28. The van der Waals surface area contributed by atoms with E-state index in [9.17, 15) is 18.0 Å². The highest BCUT2D eigenvalue weighted by atomic mass is 32.2. The molecule has 1 N–H and O–H groups in total. The molecule has 0 saturated heterocycles. The van der Waals surface area contributed by atoms with Crippen LogP contribution in [0.25, 0.3) is 0 Å². The van der Waals surface area contributed by atoms with E-state index in [1.54, 1.807) is 6.07 Å². The Morgan fingerprint density at radius 3 is 2.03 bits per heavy atom. The lowest BCUT2D eigenvalue weighted by Gasteiger charge is -2.34. The minimum absolute atomic E-state index is 0.150. The van der Waals surface area contributed by atoms with Crippen LogP contribution >= 0.6 is 0 Å². The number of hydrogen-bond donors (Lipinski definition) is 1. The molecule has 0 saturated carbocycles. The van der Waals surface area contributed by atoms with Crippen LogP contribution in [0.2, 0.25) is 0 Å². The van der Waals surface area contributed by atoms with Crippen molar-refractivity contribution in [2.24, 2.45) is 0 Å². The molecular weight excluding hydrogens is 512 g/mol. The van der Waals surface area contributed by atoms with Crippen LogP contribution in [0.5, 0.6) is 0 Å². The topological polar surface area (TPSA) is 90.0 Å². The molecule has 0 aliphatic heterocycles. The molecule has 0 aromatic heterocycles. The monoisotopic (exact) mass is 550 g/mol. The zero-order valence-corrected chi connectivity index (χ0v) is 24.1. The number of carbonyl (C=O) groups is 2. The lowest BCUT2D eigenvalue weighted by molar-refractivity contribution is -0.140. The summed E-state index contributed by atoms with van der Waals surface area (Å²) in [5.41, 5.74) is 3.74. The summed E-state index contributed by atoms with van der Waals surface area (Å²) >= 11 is 0. The second-order valence-electron chi connectivity index (χ2n) is 9.69. The molecule has 0 spiro atoms. The number of hydrogen-bond acceptors (Lipinski definition) is 4. The summed E-state index contributed by atoms with van der Waals surface area (Å²) in [6, 6.07) is 23.5. The van der Waals surface area contributed by atoms with Gasteiger partial charge in [0.15, 0.2) is 0 Å². The summed E-state index contributed by atoms with van der Waals surface area (Å²) in [6.07, 6.45) is 0.287. The predicted octanol–water partition coefficient (Wildman–Crippen LogP) is 3.69. The Bertz CT molecular complexity index is 1360. The molecule has 0 unspecified atom stereocenters. The minimum Gasteiger partial charge on any atom is -0.355 e. The molecule has 8 nitrogen and oxygen atoms in total. The third-order valence-electron chi connectivity index (χ3n) is 6.47. The molecule has 39 heavy (non-hydrogen) atoms. The SMILES string of the molecule is CCNC(=O)[C@@H](Cc1ccccc1)N(Cc1ccccc1)C(=O)CN(c1cc(C)ccc1C)S(=O)(=O)N(C)C.